The molecule has 0 aromatic heterocycles. The first kappa shape index (κ1) is 12.3. The van der Waals surface area contributed by atoms with Crippen molar-refractivity contribution in [3.8, 4) is 5.75 Å². The highest BCUT2D eigenvalue weighted by Crippen LogP contribution is 2.33. The maximum absolute atomic E-state index is 9.00. The number of hydrogen-bond acceptors (Lipinski definition) is 2. The Morgan fingerprint density at radius 2 is 2.07 bits per heavy atom. The summed E-state index contributed by atoms with van der Waals surface area (Å²) >= 11 is 5.98. The molecule has 0 saturated heterocycles. The van der Waals surface area contributed by atoms with E-state index in [4.69, 9.17) is 21.4 Å². The van der Waals surface area contributed by atoms with Gasteiger partial charge in [-0.3, -0.25) is 0 Å². The molecule has 0 aliphatic rings. The van der Waals surface area contributed by atoms with Crippen molar-refractivity contribution < 1.29 is 9.84 Å². The Bertz CT molecular complexity index is 335. The fourth-order valence-corrected chi connectivity index (χ4v) is 2.03. The Morgan fingerprint density at radius 3 is 2.53 bits per heavy atom. The van der Waals surface area contributed by atoms with Gasteiger partial charge in [-0.05, 0) is 30.0 Å². The number of methoxy groups -OCH3 is 1. The van der Waals surface area contributed by atoms with Crippen LogP contribution in [-0.2, 0) is 6.42 Å². The van der Waals surface area contributed by atoms with Gasteiger partial charge in [0.05, 0.1) is 7.11 Å². The summed E-state index contributed by atoms with van der Waals surface area (Å²) < 4.78 is 5.31. The lowest BCUT2D eigenvalue weighted by Gasteiger charge is -2.17. The highest BCUT2D eigenvalue weighted by atomic mass is 35.5. The van der Waals surface area contributed by atoms with Crippen molar-refractivity contribution in [3.63, 3.8) is 0 Å². The average Bonchev–Trinajstić information content (AvgIpc) is 2.16. The molecular formula is C12H17ClO2. The van der Waals surface area contributed by atoms with Crippen LogP contribution in [0.5, 0.6) is 5.75 Å². The molecule has 0 heterocycles. The molecule has 0 radical (unpaired) electrons. The fraction of sp³-hybridized carbons (Fsp3) is 0.500. The molecule has 15 heavy (non-hydrogen) atoms. The normalized spacial score (nSPS) is 10.8. The van der Waals surface area contributed by atoms with E-state index in [0.29, 0.717) is 17.4 Å². The summed E-state index contributed by atoms with van der Waals surface area (Å²) in [5.74, 6) is 1.17. The smallest absolute Gasteiger partial charge is 0.124 e. The zero-order valence-electron chi connectivity index (χ0n) is 9.38. The summed E-state index contributed by atoms with van der Waals surface area (Å²) in [6, 6.07) is 3.72. The van der Waals surface area contributed by atoms with Gasteiger partial charge in [0.1, 0.15) is 5.75 Å². The SMILES string of the molecule is COc1cc(Cl)cc(CCO)c1C(C)C. The molecular weight excluding hydrogens is 212 g/mol. The second kappa shape index (κ2) is 5.38. The van der Waals surface area contributed by atoms with E-state index in [-0.39, 0.29) is 6.61 Å². The third-order valence-electron chi connectivity index (χ3n) is 2.37. The van der Waals surface area contributed by atoms with E-state index >= 15 is 0 Å². The number of ether oxygens (including phenoxy) is 1. The maximum Gasteiger partial charge on any atom is 0.124 e. The van der Waals surface area contributed by atoms with Crippen LogP contribution < -0.4 is 4.74 Å². The number of halogens is 1. The molecule has 0 atom stereocenters. The van der Waals surface area contributed by atoms with E-state index in [1.165, 1.54) is 0 Å². The first-order valence-corrected chi connectivity index (χ1v) is 5.45. The summed E-state index contributed by atoms with van der Waals surface area (Å²) in [5.41, 5.74) is 2.20. The molecule has 0 unspecified atom stereocenters. The van der Waals surface area contributed by atoms with E-state index < -0.39 is 0 Å². The Hall–Kier alpha value is -0.730. The highest BCUT2D eigenvalue weighted by molar-refractivity contribution is 6.30. The molecule has 0 aliphatic heterocycles. The van der Waals surface area contributed by atoms with Gasteiger partial charge in [-0.2, -0.15) is 0 Å². The lowest BCUT2D eigenvalue weighted by Crippen LogP contribution is -2.02. The van der Waals surface area contributed by atoms with Gasteiger partial charge in [0.2, 0.25) is 0 Å². The van der Waals surface area contributed by atoms with Crippen molar-refractivity contribution >= 4 is 11.6 Å². The molecule has 1 aromatic carbocycles. The molecule has 0 bridgehead atoms. The van der Waals surface area contributed by atoms with Gasteiger partial charge < -0.3 is 9.84 Å². The Kier molecular flexibility index (Phi) is 4.43. The molecule has 2 nitrogen and oxygen atoms in total. The van der Waals surface area contributed by atoms with Crippen molar-refractivity contribution in [1.29, 1.82) is 0 Å². The molecule has 0 amide bonds. The van der Waals surface area contributed by atoms with Gasteiger partial charge in [0.15, 0.2) is 0 Å². The third-order valence-corrected chi connectivity index (χ3v) is 2.59. The first-order valence-electron chi connectivity index (χ1n) is 5.07. The molecule has 0 fully saturated rings. The van der Waals surface area contributed by atoms with Crippen molar-refractivity contribution in [3.05, 3.63) is 28.3 Å². The molecule has 0 saturated carbocycles. The zero-order valence-corrected chi connectivity index (χ0v) is 10.1. The van der Waals surface area contributed by atoms with Gasteiger partial charge in [0.25, 0.3) is 0 Å². The van der Waals surface area contributed by atoms with Crippen LogP contribution in [0.1, 0.15) is 30.9 Å². The van der Waals surface area contributed by atoms with Crippen LogP contribution in [0.3, 0.4) is 0 Å². The predicted octanol–water partition coefficient (Wildman–Crippen LogP) is 3.01. The largest absolute Gasteiger partial charge is 0.496 e. The number of aliphatic hydroxyl groups excluding tert-OH is 1. The summed E-state index contributed by atoms with van der Waals surface area (Å²) in [4.78, 5) is 0. The molecule has 1 aromatic rings. The van der Waals surface area contributed by atoms with Crippen LogP contribution in [0, 0.1) is 0 Å². The van der Waals surface area contributed by atoms with Crippen LogP contribution in [0.2, 0.25) is 5.02 Å². The summed E-state index contributed by atoms with van der Waals surface area (Å²) in [6.07, 6.45) is 0.616. The van der Waals surface area contributed by atoms with Crippen LogP contribution in [-0.4, -0.2) is 18.8 Å². The minimum absolute atomic E-state index is 0.128. The van der Waals surface area contributed by atoms with Gasteiger partial charge in [-0.1, -0.05) is 25.4 Å². The molecule has 0 aliphatic carbocycles. The second-order valence-corrected chi connectivity index (χ2v) is 4.25. The van der Waals surface area contributed by atoms with Crippen molar-refractivity contribution in [2.75, 3.05) is 13.7 Å². The summed E-state index contributed by atoms with van der Waals surface area (Å²) in [7, 11) is 1.64. The standard InChI is InChI=1S/C12H17ClO2/c1-8(2)12-9(4-5-14)6-10(13)7-11(12)15-3/h6-8,14H,4-5H2,1-3H3. The predicted molar refractivity (Wildman–Crippen MR) is 62.9 cm³/mol. The quantitative estimate of drug-likeness (QED) is 0.859. The van der Waals surface area contributed by atoms with Crippen molar-refractivity contribution in [2.45, 2.75) is 26.2 Å². The fourth-order valence-electron chi connectivity index (χ4n) is 1.80. The molecule has 3 heteroatoms. The van der Waals surface area contributed by atoms with Gasteiger partial charge in [-0.25, -0.2) is 0 Å². The number of benzene rings is 1. The highest BCUT2D eigenvalue weighted by Gasteiger charge is 2.13. The van der Waals surface area contributed by atoms with Crippen LogP contribution in [0.25, 0.3) is 0 Å². The minimum Gasteiger partial charge on any atom is -0.496 e. The van der Waals surface area contributed by atoms with Gasteiger partial charge in [-0.15, -0.1) is 0 Å². The van der Waals surface area contributed by atoms with Crippen LogP contribution in [0.15, 0.2) is 12.1 Å². The average molecular weight is 229 g/mol. The first-order chi connectivity index (χ1) is 7.10. The lowest BCUT2D eigenvalue weighted by molar-refractivity contribution is 0.298. The molecule has 1 N–H and O–H groups in total. The van der Waals surface area contributed by atoms with E-state index in [1.54, 1.807) is 7.11 Å². The Balaban J connectivity index is 3.26. The lowest BCUT2D eigenvalue weighted by atomic mass is 9.94. The van der Waals surface area contributed by atoms with Gasteiger partial charge >= 0.3 is 0 Å². The Labute approximate surface area is 95.8 Å². The topological polar surface area (TPSA) is 29.5 Å². The summed E-state index contributed by atoms with van der Waals surface area (Å²) in [6.45, 7) is 4.34. The Morgan fingerprint density at radius 1 is 1.40 bits per heavy atom. The van der Waals surface area contributed by atoms with E-state index in [9.17, 15) is 0 Å². The van der Waals surface area contributed by atoms with Crippen LogP contribution in [0.4, 0.5) is 0 Å². The summed E-state index contributed by atoms with van der Waals surface area (Å²) in [5, 5.41) is 9.65. The van der Waals surface area contributed by atoms with Crippen molar-refractivity contribution in [2.24, 2.45) is 0 Å². The molecule has 84 valence electrons. The maximum atomic E-state index is 9.00. The third kappa shape index (κ3) is 2.86. The van der Waals surface area contributed by atoms with E-state index in [1.807, 2.05) is 12.1 Å². The zero-order chi connectivity index (χ0) is 11.4. The second-order valence-electron chi connectivity index (χ2n) is 3.81. The van der Waals surface area contributed by atoms with Crippen LogP contribution >= 0.6 is 11.6 Å². The monoisotopic (exact) mass is 228 g/mol. The minimum atomic E-state index is 0.128. The van der Waals surface area contributed by atoms with Gasteiger partial charge in [0, 0.05) is 17.2 Å². The van der Waals surface area contributed by atoms with E-state index in [0.717, 1.165) is 16.9 Å². The number of hydrogen-bond donors (Lipinski definition) is 1. The number of aliphatic hydroxyl groups is 1. The molecule has 0 spiro atoms. The molecule has 1 rings (SSSR count). The number of rotatable bonds is 4. The van der Waals surface area contributed by atoms with E-state index in [2.05, 4.69) is 13.8 Å². The van der Waals surface area contributed by atoms with Crippen molar-refractivity contribution in [1.82, 2.24) is 0 Å².